The zero-order valence-corrected chi connectivity index (χ0v) is 21.8. The van der Waals surface area contributed by atoms with E-state index in [1.165, 1.54) is 15.0 Å². The number of halogens is 1. The minimum Gasteiger partial charge on any atom is -0.493 e. The molecule has 0 bridgehead atoms. The van der Waals surface area contributed by atoms with Gasteiger partial charge >= 0.3 is 5.69 Å². The van der Waals surface area contributed by atoms with Crippen LogP contribution in [0.4, 0.5) is 0 Å². The molecule has 1 aliphatic rings. The highest BCUT2D eigenvalue weighted by Crippen LogP contribution is 2.41. The summed E-state index contributed by atoms with van der Waals surface area (Å²) < 4.78 is 37.8. The third kappa shape index (κ3) is 3.96. The van der Waals surface area contributed by atoms with E-state index in [0.29, 0.717) is 77.5 Å². The highest BCUT2D eigenvalue weighted by atomic mass is 79.9. The molecule has 35 heavy (non-hydrogen) atoms. The van der Waals surface area contributed by atoms with Crippen molar-refractivity contribution >= 4 is 42.6 Å². The number of H-pyrrole nitrogens is 1. The average Bonchev–Trinajstić information content (AvgIpc) is 3.48. The number of aryl methyl sites for hydroxylation is 1. The van der Waals surface area contributed by atoms with Crippen molar-refractivity contribution in [3.8, 4) is 17.0 Å². The van der Waals surface area contributed by atoms with Crippen molar-refractivity contribution in [2.45, 2.75) is 31.7 Å². The van der Waals surface area contributed by atoms with Gasteiger partial charge in [0.05, 0.1) is 27.2 Å². The number of nitrogens with one attached hydrogen (secondary N) is 2. The molecule has 1 aromatic carbocycles. The van der Waals surface area contributed by atoms with Crippen LogP contribution in [0.15, 0.2) is 38.7 Å². The van der Waals surface area contributed by atoms with E-state index in [1.807, 2.05) is 13.8 Å². The second-order valence-electron chi connectivity index (χ2n) is 8.24. The fraction of sp³-hybridized carbons (Fsp3) is 0.409. The number of aromatic nitrogens is 5. The third-order valence-corrected chi connectivity index (χ3v) is 8.74. The lowest BCUT2D eigenvalue weighted by atomic mass is 10.1. The molecule has 2 N–H and O–H groups in total. The number of hydrogen-bond donors (Lipinski definition) is 2. The minimum absolute atomic E-state index is 0.182. The van der Waals surface area contributed by atoms with Gasteiger partial charge in [-0.25, -0.2) is 17.6 Å². The second-order valence-corrected chi connectivity index (χ2v) is 11.0. The van der Waals surface area contributed by atoms with E-state index in [1.54, 1.807) is 22.8 Å². The van der Waals surface area contributed by atoms with Crippen molar-refractivity contribution in [1.82, 2.24) is 33.8 Å². The summed E-state index contributed by atoms with van der Waals surface area (Å²) in [6.45, 7) is 6.81. The maximum absolute atomic E-state index is 13.4. The predicted molar refractivity (Wildman–Crippen MR) is 135 cm³/mol. The van der Waals surface area contributed by atoms with Crippen LogP contribution < -0.4 is 15.7 Å². The van der Waals surface area contributed by atoms with Crippen molar-refractivity contribution in [1.29, 1.82) is 0 Å². The molecule has 0 radical (unpaired) electrons. The molecule has 1 aliphatic heterocycles. The number of nitrogens with zero attached hydrogens (tertiary/aromatic N) is 5. The molecule has 0 unspecified atom stereocenters. The van der Waals surface area contributed by atoms with Gasteiger partial charge in [-0.2, -0.15) is 4.31 Å². The Morgan fingerprint density at radius 2 is 1.97 bits per heavy atom. The number of sulfonamides is 1. The summed E-state index contributed by atoms with van der Waals surface area (Å²) in [5.74, 6) is 0.529. The van der Waals surface area contributed by atoms with Gasteiger partial charge in [0, 0.05) is 38.3 Å². The zero-order valence-electron chi connectivity index (χ0n) is 19.4. The number of ether oxygens (including phenoxy) is 1. The van der Waals surface area contributed by atoms with Crippen molar-refractivity contribution in [3.63, 3.8) is 0 Å². The van der Waals surface area contributed by atoms with E-state index in [4.69, 9.17) is 4.74 Å². The van der Waals surface area contributed by atoms with Crippen LogP contribution in [0.2, 0.25) is 0 Å². The summed E-state index contributed by atoms with van der Waals surface area (Å²) in [4.78, 5) is 16.7. The maximum Gasteiger partial charge on any atom is 0.335 e. The summed E-state index contributed by atoms with van der Waals surface area (Å²) >= 11 is 3.68. The molecule has 0 amide bonds. The predicted octanol–water partition coefficient (Wildman–Crippen LogP) is 2.20. The summed E-state index contributed by atoms with van der Waals surface area (Å²) in [6, 6.07) is 4.88. The minimum atomic E-state index is -3.69. The third-order valence-electron chi connectivity index (χ3n) is 6.07. The normalized spacial score (nSPS) is 15.3. The maximum atomic E-state index is 13.4. The average molecular weight is 564 g/mol. The largest absolute Gasteiger partial charge is 0.493 e. The second kappa shape index (κ2) is 9.37. The standard InChI is InChI=1S/C22H26BrN7O4S/c1-3-9-29-20-17(23)18(26-19(20)21-27-25-13-30(21)22(29)31)15-12-14(5-6-16(15)34-4-2)35(32,33)28-10-7-24-8-11-28/h5-6,12-13,24,26H,3-4,7-11H2,1-2H3. The van der Waals surface area contributed by atoms with E-state index in [2.05, 4.69) is 36.4 Å². The Labute approximate surface area is 210 Å². The van der Waals surface area contributed by atoms with Crippen LogP contribution in [0, 0.1) is 0 Å². The highest BCUT2D eigenvalue weighted by Gasteiger charge is 2.28. The van der Waals surface area contributed by atoms with Crippen LogP contribution in [0.3, 0.4) is 0 Å². The molecule has 5 rings (SSSR count). The summed E-state index contributed by atoms with van der Waals surface area (Å²) in [5, 5.41) is 11.2. The van der Waals surface area contributed by atoms with Crippen LogP contribution in [-0.4, -0.2) is 69.7 Å². The van der Waals surface area contributed by atoms with Crippen molar-refractivity contribution in [3.05, 3.63) is 39.5 Å². The van der Waals surface area contributed by atoms with Crippen LogP contribution in [-0.2, 0) is 16.6 Å². The van der Waals surface area contributed by atoms with E-state index >= 15 is 0 Å². The number of piperazine rings is 1. The number of aromatic amines is 1. The molecular weight excluding hydrogens is 538 g/mol. The quantitative estimate of drug-likeness (QED) is 0.353. The molecule has 1 fully saturated rings. The van der Waals surface area contributed by atoms with E-state index in [9.17, 15) is 13.2 Å². The van der Waals surface area contributed by atoms with Gasteiger partial charge in [-0.05, 0) is 47.5 Å². The van der Waals surface area contributed by atoms with Crippen LogP contribution in [0.1, 0.15) is 20.3 Å². The van der Waals surface area contributed by atoms with Gasteiger partial charge in [0.25, 0.3) is 0 Å². The van der Waals surface area contributed by atoms with Crippen molar-refractivity contribution in [2.24, 2.45) is 0 Å². The fourth-order valence-corrected chi connectivity index (χ4v) is 6.64. The highest BCUT2D eigenvalue weighted by molar-refractivity contribution is 9.10. The number of benzene rings is 1. The molecule has 186 valence electrons. The lowest BCUT2D eigenvalue weighted by Gasteiger charge is -2.27. The number of fused-ring (bicyclic) bond motifs is 3. The lowest BCUT2D eigenvalue weighted by molar-refractivity contribution is 0.341. The first-order chi connectivity index (χ1) is 16.9. The SMILES string of the molecule is CCCn1c(=O)n2cnnc2c2[nH]c(-c3cc(S(=O)(=O)N4CCNCC4)ccc3OCC)c(Br)c21. The van der Waals surface area contributed by atoms with Gasteiger partial charge in [-0.1, -0.05) is 6.92 Å². The molecule has 0 saturated carbocycles. The Kier molecular flexibility index (Phi) is 6.42. The number of rotatable bonds is 7. The number of hydrogen-bond acceptors (Lipinski definition) is 7. The zero-order chi connectivity index (χ0) is 24.7. The Bertz CT molecular complexity index is 1570. The fourth-order valence-electron chi connectivity index (χ4n) is 4.45. The molecular formula is C22H26BrN7O4S. The Hall–Kier alpha value is -2.74. The van der Waals surface area contributed by atoms with Crippen LogP contribution in [0.5, 0.6) is 5.75 Å². The first-order valence-electron chi connectivity index (χ1n) is 11.5. The summed E-state index contributed by atoms with van der Waals surface area (Å²) in [7, 11) is -3.69. The van der Waals surface area contributed by atoms with Gasteiger partial charge in [0.1, 0.15) is 17.6 Å². The molecule has 13 heteroatoms. The molecule has 0 atom stereocenters. The van der Waals surface area contributed by atoms with Crippen LogP contribution in [0.25, 0.3) is 27.9 Å². The lowest BCUT2D eigenvalue weighted by Crippen LogP contribution is -2.46. The Morgan fingerprint density at radius 1 is 1.20 bits per heavy atom. The first kappa shape index (κ1) is 24.0. The summed E-state index contributed by atoms with van der Waals surface area (Å²) in [6.07, 6.45) is 2.14. The van der Waals surface area contributed by atoms with Gasteiger partial charge in [-0.15, -0.1) is 10.2 Å². The van der Waals surface area contributed by atoms with Gasteiger partial charge < -0.3 is 15.0 Å². The molecule has 0 aliphatic carbocycles. The molecule has 3 aromatic heterocycles. The molecule has 11 nitrogen and oxygen atoms in total. The smallest absolute Gasteiger partial charge is 0.335 e. The molecule has 0 spiro atoms. The molecule has 4 heterocycles. The van der Waals surface area contributed by atoms with E-state index in [-0.39, 0.29) is 10.6 Å². The van der Waals surface area contributed by atoms with Crippen molar-refractivity contribution in [2.75, 3.05) is 32.8 Å². The van der Waals surface area contributed by atoms with Crippen molar-refractivity contribution < 1.29 is 13.2 Å². The van der Waals surface area contributed by atoms with Gasteiger partial charge in [-0.3, -0.25) is 4.57 Å². The Morgan fingerprint density at radius 3 is 2.69 bits per heavy atom. The first-order valence-corrected chi connectivity index (χ1v) is 13.7. The van der Waals surface area contributed by atoms with E-state index in [0.717, 1.165) is 6.42 Å². The molecule has 4 aromatic rings. The summed E-state index contributed by atoms with van der Waals surface area (Å²) in [5.41, 5.74) is 2.58. The Balaban J connectivity index is 1.76. The monoisotopic (exact) mass is 563 g/mol. The van der Waals surface area contributed by atoms with Gasteiger partial charge in [0.2, 0.25) is 10.0 Å². The van der Waals surface area contributed by atoms with E-state index < -0.39 is 10.0 Å². The topological polar surface area (TPSA) is 127 Å². The van der Waals surface area contributed by atoms with Crippen LogP contribution >= 0.6 is 15.9 Å². The molecule has 1 saturated heterocycles. The van der Waals surface area contributed by atoms with Gasteiger partial charge in [0.15, 0.2) is 5.65 Å².